The Morgan fingerprint density at radius 1 is 0.833 bits per heavy atom. The van der Waals surface area contributed by atoms with Gasteiger partial charge in [-0.05, 0) is 18.6 Å². The molecule has 0 bridgehead atoms. The SMILES string of the molecule is CCCCCCCCCCCCCCCCS(=O)(=O)NN=Cc1ccc(Cl)cc1Cl. The van der Waals surface area contributed by atoms with Gasteiger partial charge in [-0.1, -0.05) is 120 Å². The molecule has 0 fully saturated rings. The molecular formula is C23H38Cl2N2O2S. The Bertz CT molecular complexity index is 709. The van der Waals surface area contributed by atoms with Crippen molar-refractivity contribution in [1.82, 2.24) is 4.83 Å². The molecule has 0 atom stereocenters. The van der Waals surface area contributed by atoms with Crippen LogP contribution in [0.15, 0.2) is 23.3 Å². The van der Waals surface area contributed by atoms with E-state index in [2.05, 4.69) is 16.9 Å². The van der Waals surface area contributed by atoms with Gasteiger partial charge in [0.25, 0.3) is 0 Å². The Kier molecular flexibility index (Phi) is 15.3. The fourth-order valence-corrected chi connectivity index (χ4v) is 4.66. The zero-order valence-corrected chi connectivity index (χ0v) is 20.7. The van der Waals surface area contributed by atoms with Gasteiger partial charge in [0.1, 0.15) is 0 Å². The van der Waals surface area contributed by atoms with Crippen molar-refractivity contribution in [3.8, 4) is 0 Å². The topological polar surface area (TPSA) is 58.5 Å². The molecule has 172 valence electrons. The predicted octanol–water partition coefficient (Wildman–Crippen LogP) is 7.73. The van der Waals surface area contributed by atoms with E-state index < -0.39 is 10.0 Å². The Labute approximate surface area is 193 Å². The maximum Gasteiger partial charge on any atom is 0.247 e. The predicted molar refractivity (Wildman–Crippen MR) is 131 cm³/mol. The van der Waals surface area contributed by atoms with E-state index in [4.69, 9.17) is 23.2 Å². The summed E-state index contributed by atoms with van der Waals surface area (Å²) in [4.78, 5) is 2.25. The number of halogens is 2. The van der Waals surface area contributed by atoms with Gasteiger partial charge in [-0.15, -0.1) is 0 Å². The van der Waals surface area contributed by atoms with Crippen LogP contribution in [0.1, 0.15) is 102 Å². The van der Waals surface area contributed by atoms with E-state index in [0.29, 0.717) is 22.0 Å². The van der Waals surface area contributed by atoms with Crippen LogP contribution >= 0.6 is 23.2 Å². The van der Waals surface area contributed by atoms with Crippen LogP contribution in [0.2, 0.25) is 10.0 Å². The third-order valence-electron chi connectivity index (χ3n) is 5.12. The van der Waals surface area contributed by atoms with E-state index in [9.17, 15) is 8.42 Å². The summed E-state index contributed by atoms with van der Waals surface area (Å²) in [5, 5.41) is 4.75. The van der Waals surface area contributed by atoms with Crippen LogP contribution in [0.25, 0.3) is 0 Å². The first-order valence-electron chi connectivity index (χ1n) is 11.4. The molecule has 30 heavy (non-hydrogen) atoms. The summed E-state index contributed by atoms with van der Waals surface area (Å²) in [5.74, 6) is 0.0940. The second-order valence-electron chi connectivity index (χ2n) is 7.93. The van der Waals surface area contributed by atoms with Crippen molar-refractivity contribution in [2.45, 2.75) is 96.8 Å². The van der Waals surface area contributed by atoms with Gasteiger partial charge in [-0.2, -0.15) is 5.10 Å². The second-order valence-corrected chi connectivity index (χ2v) is 10.6. The second kappa shape index (κ2) is 16.9. The number of hydrazone groups is 1. The molecule has 7 heteroatoms. The maximum atomic E-state index is 12.0. The highest BCUT2D eigenvalue weighted by molar-refractivity contribution is 7.89. The van der Waals surface area contributed by atoms with E-state index in [1.54, 1.807) is 18.2 Å². The number of sulfonamides is 1. The van der Waals surface area contributed by atoms with Gasteiger partial charge < -0.3 is 0 Å². The molecule has 0 radical (unpaired) electrons. The van der Waals surface area contributed by atoms with Crippen molar-refractivity contribution >= 4 is 39.4 Å². The number of unbranched alkanes of at least 4 members (excludes halogenated alkanes) is 13. The van der Waals surface area contributed by atoms with Crippen molar-refractivity contribution in [1.29, 1.82) is 0 Å². The van der Waals surface area contributed by atoms with E-state index in [1.807, 2.05) is 0 Å². The Morgan fingerprint density at radius 2 is 1.33 bits per heavy atom. The summed E-state index contributed by atoms with van der Waals surface area (Å²) in [5.41, 5.74) is 0.611. The summed E-state index contributed by atoms with van der Waals surface area (Å²) < 4.78 is 24.0. The average molecular weight is 478 g/mol. The summed E-state index contributed by atoms with van der Waals surface area (Å²) in [7, 11) is -3.41. The lowest BCUT2D eigenvalue weighted by Crippen LogP contribution is -2.21. The van der Waals surface area contributed by atoms with Gasteiger partial charge in [-0.3, -0.25) is 0 Å². The molecule has 0 unspecified atom stereocenters. The lowest BCUT2D eigenvalue weighted by atomic mass is 10.0. The molecule has 0 saturated carbocycles. The number of hydrogen-bond acceptors (Lipinski definition) is 3. The van der Waals surface area contributed by atoms with Crippen molar-refractivity contribution in [2.24, 2.45) is 5.10 Å². The number of nitrogens with one attached hydrogen (secondary N) is 1. The molecule has 4 nitrogen and oxygen atoms in total. The molecule has 0 aliphatic rings. The third kappa shape index (κ3) is 14.3. The fourth-order valence-electron chi connectivity index (χ4n) is 3.31. The van der Waals surface area contributed by atoms with E-state index >= 15 is 0 Å². The highest BCUT2D eigenvalue weighted by Gasteiger charge is 2.08. The molecule has 0 aliphatic heterocycles. The summed E-state index contributed by atoms with van der Waals surface area (Å²) in [6.45, 7) is 2.26. The van der Waals surface area contributed by atoms with Crippen molar-refractivity contribution in [3.05, 3.63) is 33.8 Å². The highest BCUT2D eigenvalue weighted by atomic mass is 35.5. The van der Waals surface area contributed by atoms with Gasteiger partial charge in [0, 0.05) is 10.6 Å². The molecule has 0 heterocycles. The molecule has 1 aromatic carbocycles. The largest absolute Gasteiger partial charge is 0.247 e. The molecule has 0 aromatic heterocycles. The molecule has 0 amide bonds. The lowest BCUT2D eigenvalue weighted by Gasteiger charge is -2.05. The summed E-state index contributed by atoms with van der Waals surface area (Å²) >= 11 is 11.9. The first-order chi connectivity index (χ1) is 14.4. The molecule has 0 spiro atoms. The lowest BCUT2D eigenvalue weighted by molar-refractivity contribution is 0.536. The van der Waals surface area contributed by atoms with Gasteiger partial charge in [0.05, 0.1) is 17.0 Å². The minimum Gasteiger partial charge on any atom is -0.205 e. The van der Waals surface area contributed by atoms with Crippen LogP contribution < -0.4 is 4.83 Å². The van der Waals surface area contributed by atoms with Crippen molar-refractivity contribution in [3.63, 3.8) is 0 Å². The molecular weight excluding hydrogens is 439 g/mol. The van der Waals surface area contributed by atoms with Crippen molar-refractivity contribution in [2.75, 3.05) is 5.75 Å². The quantitative estimate of drug-likeness (QED) is 0.134. The van der Waals surface area contributed by atoms with Gasteiger partial charge in [0.2, 0.25) is 10.0 Å². The average Bonchev–Trinajstić information content (AvgIpc) is 2.70. The number of rotatable bonds is 18. The number of hydrogen-bond donors (Lipinski definition) is 1. The van der Waals surface area contributed by atoms with E-state index in [-0.39, 0.29) is 5.75 Å². The fraction of sp³-hybridized carbons (Fsp3) is 0.696. The maximum absolute atomic E-state index is 12.0. The Morgan fingerprint density at radius 3 is 1.83 bits per heavy atom. The van der Waals surface area contributed by atoms with Crippen LogP contribution in [-0.4, -0.2) is 20.4 Å². The van der Waals surface area contributed by atoms with Crippen LogP contribution in [0.5, 0.6) is 0 Å². The zero-order chi connectivity index (χ0) is 22.1. The van der Waals surface area contributed by atoms with Crippen LogP contribution in [0.3, 0.4) is 0 Å². The monoisotopic (exact) mass is 476 g/mol. The van der Waals surface area contributed by atoms with Gasteiger partial charge >= 0.3 is 0 Å². The van der Waals surface area contributed by atoms with Gasteiger partial charge in [-0.25, -0.2) is 13.2 Å². The molecule has 0 saturated heterocycles. The normalized spacial score (nSPS) is 12.0. The van der Waals surface area contributed by atoms with E-state index in [1.165, 1.54) is 76.8 Å². The molecule has 1 aromatic rings. The molecule has 1 rings (SSSR count). The first-order valence-corrected chi connectivity index (χ1v) is 13.8. The van der Waals surface area contributed by atoms with E-state index in [0.717, 1.165) is 12.8 Å². The standard InChI is InChI=1S/C23H38Cl2N2O2S/c1-2-3-4-5-6-7-8-9-10-11-12-13-14-15-18-30(28,29)27-26-20-21-16-17-22(24)19-23(21)25/h16-17,19-20,27H,2-15,18H2,1H3. The zero-order valence-electron chi connectivity index (χ0n) is 18.3. The van der Waals surface area contributed by atoms with Crippen LogP contribution in [-0.2, 0) is 10.0 Å². The minimum atomic E-state index is -3.41. The van der Waals surface area contributed by atoms with Gasteiger partial charge in [0.15, 0.2) is 0 Å². The first kappa shape index (κ1) is 27.3. The number of benzene rings is 1. The Balaban J connectivity index is 2.00. The molecule has 0 aliphatic carbocycles. The summed E-state index contributed by atoms with van der Waals surface area (Å²) in [6.07, 6.45) is 18.8. The molecule has 1 N–H and O–H groups in total. The summed E-state index contributed by atoms with van der Waals surface area (Å²) in [6, 6.07) is 4.96. The van der Waals surface area contributed by atoms with Crippen LogP contribution in [0.4, 0.5) is 0 Å². The van der Waals surface area contributed by atoms with Crippen LogP contribution in [0, 0.1) is 0 Å². The smallest absolute Gasteiger partial charge is 0.205 e. The third-order valence-corrected chi connectivity index (χ3v) is 6.90. The Hall–Kier alpha value is -0.780. The highest BCUT2D eigenvalue weighted by Crippen LogP contribution is 2.19. The number of nitrogens with zero attached hydrogens (tertiary/aromatic N) is 1. The van der Waals surface area contributed by atoms with Crippen molar-refractivity contribution < 1.29 is 8.42 Å². The minimum absolute atomic E-state index is 0.0940.